The minimum Gasteiger partial charge on any atom is -0.497 e. The Bertz CT molecular complexity index is 769. The molecular formula is C17H21N3O5. The number of carboxylic acids is 1. The zero-order valence-electron chi connectivity index (χ0n) is 14.6. The van der Waals surface area contributed by atoms with Gasteiger partial charge in [0, 0.05) is 12.0 Å². The number of hydrogen-bond donors (Lipinski definition) is 2. The SMILES string of the molecule is COc1cccc(-c2noc(C(C)NC(=O)CC(C)(C)C(=O)O)n2)c1. The van der Waals surface area contributed by atoms with E-state index in [-0.39, 0.29) is 12.3 Å². The molecule has 2 rings (SSSR count). The lowest BCUT2D eigenvalue weighted by atomic mass is 9.89. The first-order chi connectivity index (χ1) is 11.7. The summed E-state index contributed by atoms with van der Waals surface area (Å²) in [6.45, 7) is 4.68. The third-order valence-corrected chi connectivity index (χ3v) is 3.70. The maximum atomic E-state index is 12.0. The first-order valence-electron chi connectivity index (χ1n) is 7.73. The van der Waals surface area contributed by atoms with E-state index in [2.05, 4.69) is 15.5 Å². The molecule has 0 fully saturated rings. The number of aromatic nitrogens is 2. The average Bonchev–Trinajstić information content (AvgIpc) is 3.04. The normalized spacial score (nSPS) is 12.5. The van der Waals surface area contributed by atoms with Crippen molar-refractivity contribution in [3.8, 4) is 17.1 Å². The van der Waals surface area contributed by atoms with Gasteiger partial charge >= 0.3 is 5.97 Å². The maximum absolute atomic E-state index is 12.0. The lowest BCUT2D eigenvalue weighted by Crippen LogP contribution is -2.34. The van der Waals surface area contributed by atoms with Crippen molar-refractivity contribution in [3.05, 3.63) is 30.2 Å². The lowest BCUT2D eigenvalue weighted by molar-refractivity contribution is -0.149. The second-order valence-electron chi connectivity index (χ2n) is 6.34. The highest BCUT2D eigenvalue weighted by molar-refractivity contribution is 5.84. The van der Waals surface area contributed by atoms with Crippen molar-refractivity contribution in [1.82, 2.24) is 15.5 Å². The van der Waals surface area contributed by atoms with E-state index in [4.69, 9.17) is 14.4 Å². The summed E-state index contributed by atoms with van der Waals surface area (Å²) in [5, 5.41) is 15.7. The molecule has 8 heteroatoms. The van der Waals surface area contributed by atoms with Crippen molar-refractivity contribution >= 4 is 11.9 Å². The molecule has 1 heterocycles. The molecule has 0 spiro atoms. The Kier molecular flexibility index (Phi) is 5.41. The topological polar surface area (TPSA) is 115 Å². The van der Waals surface area contributed by atoms with Crippen LogP contribution >= 0.6 is 0 Å². The summed E-state index contributed by atoms with van der Waals surface area (Å²) >= 11 is 0. The monoisotopic (exact) mass is 347 g/mol. The molecule has 2 N–H and O–H groups in total. The smallest absolute Gasteiger partial charge is 0.309 e. The Morgan fingerprint density at radius 3 is 2.76 bits per heavy atom. The number of carbonyl (C=O) groups is 2. The fraction of sp³-hybridized carbons (Fsp3) is 0.412. The first-order valence-corrected chi connectivity index (χ1v) is 7.73. The van der Waals surface area contributed by atoms with Crippen molar-refractivity contribution in [2.45, 2.75) is 33.2 Å². The van der Waals surface area contributed by atoms with Gasteiger partial charge in [0.05, 0.1) is 12.5 Å². The second-order valence-corrected chi connectivity index (χ2v) is 6.34. The van der Waals surface area contributed by atoms with Gasteiger partial charge in [-0.3, -0.25) is 9.59 Å². The predicted octanol–water partition coefficient (Wildman–Crippen LogP) is 2.42. The van der Waals surface area contributed by atoms with E-state index in [0.29, 0.717) is 11.6 Å². The number of ether oxygens (including phenoxy) is 1. The van der Waals surface area contributed by atoms with Crippen LogP contribution in [0.2, 0.25) is 0 Å². The molecule has 8 nitrogen and oxygen atoms in total. The number of carbonyl (C=O) groups excluding carboxylic acids is 1. The average molecular weight is 347 g/mol. The van der Waals surface area contributed by atoms with Gasteiger partial charge in [-0.15, -0.1) is 0 Å². The van der Waals surface area contributed by atoms with Crippen LogP contribution in [0.3, 0.4) is 0 Å². The Morgan fingerprint density at radius 1 is 1.40 bits per heavy atom. The summed E-state index contributed by atoms with van der Waals surface area (Å²) in [7, 11) is 1.57. The fourth-order valence-electron chi connectivity index (χ4n) is 2.12. The minimum atomic E-state index is -1.15. The molecule has 0 bridgehead atoms. The van der Waals surface area contributed by atoms with Gasteiger partial charge in [0.25, 0.3) is 0 Å². The molecule has 1 aromatic heterocycles. The van der Waals surface area contributed by atoms with Crippen LogP contribution in [0.5, 0.6) is 5.75 Å². The first kappa shape index (κ1) is 18.4. The number of nitrogens with zero attached hydrogens (tertiary/aromatic N) is 2. The van der Waals surface area contributed by atoms with Crippen LogP contribution in [-0.2, 0) is 9.59 Å². The molecule has 2 aromatic rings. The minimum absolute atomic E-state index is 0.149. The lowest BCUT2D eigenvalue weighted by Gasteiger charge is -2.19. The highest BCUT2D eigenvalue weighted by atomic mass is 16.5. The van der Waals surface area contributed by atoms with E-state index in [1.54, 1.807) is 26.2 Å². The third-order valence-electron chi connectivity index (χ3n) is 3.70. The van der Waals surface area contributed by atoms with Crippen LogP contribution in [0.4, 0.5) is 0 Å². The van der Waals surface area contributed by atoms with E-state index in [9.17, 15) is 9.59 Å². The van der Waals surface area contributed by atoms with Crippen LogP contribution < -0.4 is 10.1 Å². The van der Waals surface area contributed by atoms with Crippen LogP contribution in [0.25, 0.3) is 11.4 Å². The van der Waals surface area contributed by atoms with Gasteiger partial charge in [-0.25, -0.2) is 0 Å². The van der Waals surface area contributed by atoms with Crippen molar-refractivity contribution in [1.29, 1.82) is 0 Å². The molecule has 0 saturated heterocycles. The zero-order valence-corrected chi connectivity index (χ0v) is 14.6. The van der Waals surface area contributed by atoms with Gasteiger partial charge in [-0.1, -0.05) is 17.3 Å². The molecule has 0 aliphatic rings. The number of aliphatic carboxylic acids is 1. The highest BCUT2D eigenvalue weighted by Crippen LogP contribution is 2.24. The second kappa shape index (κ2) is 7.33. The molecule has 1 unspecified atom stereocenters. The van der Waals surface area contributed by atoms with Crippen molar-refractivity contribution in [2.24, 2.45) is 5.41 Å². The van der Waals surface area contributed by atoms with Gasteiger partial charge in [0.1, 0.15) is 11.8 Å². The summed E-state index contributed by atoms with van der Waals surface area (Å²) in [4.78, 5) is 27.4. The number of carboxylic acid groups (broad SMARTS) is 1. The molecule has 0 aliphatic heterocycles. The number of amides is 1. The Hall–Kier alpha value is -2.90. The summed E-state index contributed by atoms with van der Waals surface area (Å²) in [6.07, 6.45) is -0.149. The van der Waals surface area contributed by atoms with E-state index < -0.39 is 23.3 Å². The van der Waals surface area contributed by atoms with Gasteiger partial charge in [-0.05, 0) is 32.9 Å². The number of rotatable bonds is 7. The van der Waals surface area contributed by atoms with Gasteiger partial charge in [0.15, 0.2) is 0 Å². The summed E-state index contributed by atoms with van der Waals surface area (Å²) in [5.74, 6) is -0.157. The molecule has 1 atom stereocenters. The van der Waals surface area contributed by atoms with Crippen LogP contribution in [0, 0.1) is 5.41 Å². The summed E-state index contributed by atoms with van der Waals surface area (Å²) in [5.41, 5.74) is -0.426. The zero-order chi connectivity index (χ0) is 18.6. The van der Waals surface area contributed by atoms with Crippen LogP contribution in [-0.4, -0.2) is 34.2 Å². The van der Waals surface area contributed by atoms with E-state index in [1.807, 2.05) is 12.1 Å². The van der Waals surface area contributed by atoms with Gasteiger partial charge in [-0.2, -0.15) is 4.98 Å². The molecule has 0 radical (unpaired) electrons. The number of hydrogen-bond acceptors (Lipinski definition) is 6. The highest BCUT2D eigenvalue weighted by Gasteiger charge is 2.31. The van der Waals surface area contributed by atoms with Crippen LogP contribution in [0.1, 0.15) is 39.1 Å². The molecule has 1 amide bonds. The quantitative estimate of drug-likeness (QED) is 0.790. The number of methoxy groups -OCH3 is 1. The molecule has 0 saturated carbocycles. The standard InChI is InChI=1S/C17H21N3O5/c1-10(18-13(21)9-17(2,3)16(22)23)15-19-14(20-25-15)11-6-5-7-12(8-11)24-4/h5-8,10H,9H2,1-4H3,(H,18,21)(H,22,23). The predicted molar refractivity (Wildman–Crippen MR) is 88.9 cm³/mol. The summed E-state index contributed by atoms with van der Waals surface area (Å²) < 4.78 is 10.4. The van der Waals surface area contributed by atoms with Gasteiger partial charge in [0.2, 0.25) is 17.6 Å². The molecule has 0 aliphatic carbocycles. The fourth-order valence-corrected chi connectivity index (χ4v) is 2.12. The van der Waals surface area contributed by atoms with Crippen LogP contribution in [0.15, 0.2) is 28.8 Å². The van der Waals surface area contributed by atoms with E-state index in [0.717, 1.165) is 5.56 Å². The third kappa shape index (κ3) is 4.56. The molecule has 134 valence electrons. The maximum Gasteiger partial charge on any atom is 0.309 e. The Morgan fingerprint density at radius 2 is 2.12 bits per heavy atom. The van der Waals surface area contributed by atoms with Gasteiger partial charge < -0.3 is 19.7 Å². The molecular weight excluding hydrogens is 326 g/mol. The number of nitrogens with one attached hydrogen (secondary N) is 1. The largest absolute Gasteiger partial charge is 0.497 e. The summed E-state index contributed by atoms with van der Waals surface area (Å²) in [6, 6.07) is 6.66. The van der Waals surface area contributed by atoms with E-state index >= 15 is 0 Å². The van der Waals surface area contributed by atoms with Crippen molar-refractivity contribution < 1.29 is 24.0 Å². The van der Waals surface area contributed by atoms with Crippen molar-refractivity contribution in [3.63, 3.8) is 0 Å². The van der Waals surface area contributed by atoms with Crippen molar-refractivity contribution in [2.75, 3.05) is 7.11 Å². The molecule has 1 aromatic carbocycles. The Balaban J connectivity index is 2.06. The van der Waals surface area contributed by atoms with E-state index in [1.165, 1.54) is 13.8 Å². The Labute approximate surface area is 145 Å². The number of benzene rings is 1. The molecule has 25 heavy (non-hydrogen) atoms.